The largest absolute Gasteiger partial charge is 0.463 e. The van der Waals surface area contributed by atoms with Gasteiger partial charge in [0.15, 0.2) is 0 Å². The zero-order valence-corrected chi connectivity index (χ0v) is 4.98. The number of nitrogen functional groups attached to an aromatic ring is 2. The molecular weight excluding hydrogens is 136 g/mol. The van der Waals surface area contributed by atoms with Gasteiger partial charge in [0.2, 0.25) is 0 Å². The van der Waals surface area contributed by atoms with E-state index in [9.17, 15) is 4.79 Å². The fraction of sp³-hybridized carbons (Fsp3) is 0. The molecule has 5 N–H and O–H groups in total. The third-order valence-electron chi connectivity index (χ3n) is 0.937. The summed E-state index contributed by atoms with van der Waals surface area (Å²) in [4.78, 5) is 10.2. The van der Waals surface area contributed by atoms with Crippen molar-refractivity contribution < 1.29 is 9.90 Å². The third kappa shape index (κ3) is 0.859. The smallest absolute Gasteiger partial charge is 0.434 e. The molecule has 1 rings (SSSR count). The second-order valence-corrected chi connectivity index (χ2v) is 1.69. The molecule has 6 heteroatoms. The molecule has 0 fully saturated rings. The van der Waals surface area contributed by atoms with Gasteiger partial charge in [-0.3, -0.25) is 0 Å². The molecule has 0 aliphatic rings. The highest BCUT2D eigenvalue weighted by Gasteiger charge is 2.07. The average molecular weight is 142 g/mol. The molecule has 1 aromatic rings. The van der Waals surface area contributed by atoms with Crippen molar-refractivity contribution in [3.05, 3.63) is 6.07 Å². The zero-order valence-electron chi connectivity index (χ0n) is 4.98. The van der Waals surface area contributed by atoms with Crippen LogP contribution >= 0.6 is 0 Å². The molecule has 1 heterocycles. The van der Waals surface area contributed by atoms with Gasteiger partial charge in [0.25, 0.3) is 0 Å². The first kappa shape index (κ1) is 6.40. The van der Waals surface area contributed by atoms with Gasteiger partial charge in [-0.25, -0.2) is 4.79 Å². The van der Waals surface area contributed by atoms with E-state index >= 15 is 0 Å². The Morgan fingerprint density at radius 1 is 1.70 bits per heavy atom. The number of hydrogen-bond donors (Lipinski definition) is 3. The van der Waals surface area contributed by atoms with Crippen molar-refractivity contribution in [3.63, 3.8) is 0 Å². The monoisotopic (exact) mass is 142 g/mol. The Hall–Kier alpha value is -1.72. The molecule has 54 valence electrons. The lowest BCUT2D eigenvalue weighted by Crippen LogP contribution is -2.12. The molecule has 6 nitrogen and oxygen atoms in total. The molecule has 0 radical (unpaired) electrons. The van der Waals surface area contributed by atoms with Crippen LogP contribution in [0.5, 0.6) is 0 Å². The molecule has 0 atom stereocenters. The normalized spacial score (nSPS) is 9.60. The van der Waals surface area contributed by atoms with E-state index < -0.39 is 6.09 Å². The Morgan fingerprint density at radius 3 is 2.50 bits per heavy atom. The summed E-state index contributed by atoms with van der Waals surface area (Å²) in [5, 5.41) is 11.7. The molecule has 0 aliphatic heterocycles. The summed E-state index contributed by atoms with van der Waals surface area (Å²) >= 11 is 0. The molecule has 0 bridgehead atoms. The second kappa shape index (κ2) is 1.90. The number of anilines is 2. The van der Waals surface area contributed by atoms with E-state index in [4.69, 9.17) is 16.6 Å². The van der Waals surface area contributed by atoms with E-state index in [2.05, 4.69) is 5.10 Å². The van der Waals surface area contributed by atoms with E-state index in [1.54, 1.807) is 0 Å². The molecule has 0 amide bonds. The van der Waals surface area contributed by atoms with E-state index in [1.807, 2.05) is 0 Å². The SMILES string of the molecule is Nc1cc(N)n(C(=O)O)n1. The standard InChI is InChI=1S/C4H6N4O2/c5-2-1-3(6)8(7-2)4(9)10/h1H,6H2,(H2,5,7)(H,9,10). The molecule has 0 aliphatic carbocycles. The van der Waals surface area contributed by atoms with Gasteiger partial charge in [0, 0.05) is 6.07 Å². The minimum absolute atomic E-state index is 0.0185. The number of nitrogens with zero attached hydrogens (tertiary/aromatic N) is 2. The van der Waals surface area contributed by atoms with Gasteiger partial charge in [-0.05, 0) is 0 Å². The van der Waals surface area contributed by atoms with Crippen LogP contribution in [0.1, 0.15) is 0 Å². The highest BCUT2D eigenvalue weighted by Crippen LogP contribution is 2.05. The van der Waals surface area contributed by atoms with Crippen LogP contribution in [-0.2, 0) is 0 Å². The van der Waals surface area contributed by atoms with Crippen LogP contribution in [0.3, 0.4) is 0 Å². The van der Waals surface area contributed by atoms with E-state index in [1.165, 1.54) is 6.07 Å². The van der Waals surface area contributed by atoms with E-state index in [-0.39, 0.29) is 11.6 Å². The van der Waals surface area contributed by atoms with Crippen molar-refractivity contribution in [1.82, 2.24) is 9.78 Å². The summed E-state index contributed by atoms with van der Waals surface area (Å²) in [5.41, 5.74) is 10.3. The Morgan fingerprint density at radius 2 is 2.30 bits per heavy atom. The first-order chi connectivity index (χ1) is 4.61. The Balaban J connectivity index is 3.15. The predicted molar refractivity (Wildman–Crippen MR) is 34.5 cm³/mol. The van der Waals surface area contributed by atoms with Crippen molar-refractivity contribution in [3.8, 4) is 0 Å². The topological polar surface area (TPSA) is 107 Å². The molecule has 1 aromatic heterocycles. The van der Waals surface area contributed by atoms with E-state index in [0.29, 0.717) is 4.68 Å². The van der Waals surface area contributed by atoms with Gasteiger partial charge in [0.05, 0.1) is 0 Å². The fourth-order valence-electron chi connectivity index (χ4n) is 0.568. The van der Waals surface area contributed by atoms with Gasteiger partial charge in [-0.15, -0.1) is 9.78 Å². The molecule has 0 aromatic carbocycles. The van der Waals surface area contributed by atoms with Crippen LogP contribution < -0.4 is 11.5 Å². The second-order valence-electron chi connectivity index (χ2n) is 1.69. The van der Waals surface area contributed by atoms with Crippen LogP contribution in [0, 0.1) is 0 Å². The van der Waals surface area contributed by atoms with Crippen molar-refractivity contribution >= 4 is 17.7 Å². The summed E-state index contributed by atoms with van der Waals surface area (Å²) in [6.07, 6.45) is -1.24. The number of aromatic nitrogens is 2. The lowest BCUT2D eigenvalue weighted by atomic mass is 10.6. The molecular formula is C4H6N4O2. The lowest BCUT2D eigenvalue weighted by Gasteiger charge is -1.91. The van der Waals surface area contributed by atoms with Crippen LogP contribution in [0.4, 0.5) is 16.4 Å². The zero-order chi connectivity index (χ0) is 7.72. The highest BCUT2D eigenvalue weighted by atomic mass is 16.4. The third-order valence-corrected chi connectivity index (χ3v) is 0.937. The van der Waals surface area contributed by atoms with Crippen LogP contribution in [0.2, 0.25) is 0 Å². The number of rotatable bonds is 0. The maximum atomic E-state index is 10.2. The summed E-state index contributed by atoms with van der Waals surface area (Å²) in [6.45, 7) is 0. The highest BCUT2D eigenvalue weighted by molar-refractivity contribution is 5.72. The van der Waals surface area contributed by atoms with Crippen molar-refractivity contribution in [2.45, 2.75) is 0 Å². The quantitative estimate of drug-likeness (QED) is 0.455. The maximum Gasteiger partial charge on any atom is 0.434 e. The number of hydrogen-bond acceptors (Lipinski definition) is 4. The summed E-state index contributed by atoms with van der Waals surface area (Å²) in [7, 11) is 0. The van der Waals surface area contributed by atoms with Crippen molar-refractivity contribution in [2.75, 3.05) is 11.5 Å². The first-order valence-electron chi connectivity index (χ1n) is 2.45. The average Bonchev–Trinajstić information content (AvgIpc) is 2.10. The van der Waals surface area contributed by atoms with Gasteiger partial charge in [0.1, 0.15) is 11.6 Å². The molecule has 0 saturated carbocycles. The van der Waals surface area contributed by atoms with Crippen LogP contribution in [0.15, 0.2) is 6.07 Å². The Kier molecular flexibility index (Phi) is 1.22. The number of nitrogens with two attached hydrogens (primary N) is 2. The summed E-state index contributed by atoms with van der Waals surface area (Å²) in [5.74, 6) is 0.116. The number of carbonyl (C=O) groups is 1. The Bertz CT molecular complexity index is 266. The van der Waals surface area contributed by atoms with Crippen molar-refractivity contribution in [2.24, 2.45) is 0 Å². The number of carboxylic acid groups (broad SMARTS) is 1. The molecule has 10 heavy (non-hydrogen) atoms. The first-order valence-corrected chi connectivity index (χ1v) is 2.45. The maximum absolute atomic E-state index is 10.2. The van der Waals surface area contributed by atoms with Gasteiger partial charge in [-0.2, -0.15) is 0 Å². The predicted octanol–water partition coefficient (Wildman–Crippen LogP) is -0.426. The van der Waals surface area contributed by atoms with Gasteiger partial charge in [-0.1, -0.05) is 0 Å². The van der Waals surface area contributed by atoms with Gasteiger partial charge < -0.3 is 16.6 Å². The van der Waals surface area contributed by atoms with Crippen LogP contribution in [0.25, 0.3) is 0 Å². The Labute approximate surface area is 56.0 Å². The van der Waals surface area contributed by atoms with Crippen molar-refractivity contribution in [1.29, 1.82) is 0 Å². The molecule has 0 spiro atoms. The minimum atomic E-state index is -1.24. The minimum Gasteiger partial charge on any atom is -0.463 e. The van der Waals surface area contributed by atoms with Gasteiger partial charge >= 0.3 is 6.09 Å². The molecule has 0 unspecified atom stereocenters. The van der Waals surface area contributed by atoms with Crippen LogP contribution in [-0.4, -0.2) is 21.0 Å². The van der Waals surface area contributed by atoms with E-state index in [0.717, 1.165) is 0 Å². The fourth-order valence-corrected chi connectivity index (χ4v) is 0.568. The molecule has 0 saturated heterocycles. The summed E-state index contributed by atoms with van der Waals surface area (Å²) in [6, 6.07) is 1.27. The lowest BCUT2D eigenvalue weighted by molar-refractivity contribution is 0.193. The summed E-state index contributed by atoms with van der Waals surface area (Å²) < 4.78 is 0.606.